The van der Waals surface area contributed by atoms with Crippen molar-refractivity contribution in [2.75, 3.05) is 5.32 Å². The number of amides is 1. The van der Waals surface area contributed by atoms with Crippen LogP contribution < -0.4 is 10.1 Å². The first-order valence-electron chi connectivity index (χ1n) is 5.93. The summed E-state index contributed by atoms with van der Waals surface area (Å²) in [6, 6.07) is 17.2. The first-order chi connectivity index (χ1) is 8.83. The molecule has 1 heterocycles. The van der Waals surface area contributed by atoms with E-state index in [-0.39, 0.29) is 5.91 Å². The van der Waals surface area contributed by atoms with Crippen LogP contribution in [0.5, 0.6) is 5.75 Å². The van der Waals surface area contributed by atoms with Crippen LogP contribution in [0.3, 0.4) is 0 Å². The number of para-hydroxylation sites is 2. The van der Waals surface area contributed by atoms with Crippen LogP contribution in [0.4, 0.5) is 5.69 Å². The SMILES string of the molecule is O=C(Nc1ccccc1)[C@@H]1Cc2ccccc2O1. The molecule has 0 bridgehead atoms. The fraction of sp³-hybridized carbons (Fsp3) is 0.133. The molecule has 90 valence electrons. The van der Waals surface area contributed by atoms with E-state index < -0.39 is 6.10 Å². The summed E-state index contributed by atoms with van der Waals surface area (Å²) < 4.78 is 5.63. The second-order valence-corrected chi connectivity index (χ2v) is 4.27. The van der Waals surface area contributed by atoms with E-state index in [0.717, 1.165) is 17.0 Å². The number of hydrogen-bond donors (Lipinski definition) is 1. The highest BCUT2D eigenvalue weighted by Crippen LogP contribution is 2.28. The van der Waals surface area contributed by atoms with Gasteiger partial charge >= 0.3 is 0 Å². The highest BCUT2D eigenvalue weighted by atomic mass is 16.5. The average Bonchev–Trinajstić information content (AvgIpc) is 2.84. The lowest BCUT2D eigenvalue weighted by atomic mass is 10.1. The lowest BCUT2D eigenvalue weighted by Crippen LogP contribution is -2.31. The van der Waals surface area contributed by atoms with Crippen LogP contribution in [-0.2, 0) is 11.2 Å². The predicted octanol–water partition coefficient (Wildman–Crippen LogP) is 2.63. The third kappa shape index (κ3) is 2.07. The standard InChI is InChI=1S/C15H13NO2/c17-15(16-12-7-2-1-3-8-12)14-10-11-6-4-5-9-13(11)18-14/h1-9,14H,10H2,(H,16,17)/t14-/m0/s1. The van der Waals surface area contributed by atoms with E-state index in [1.807, 2.05) is 54.6 Å². The molecule has 3 nitrogen and oxygen atoms in total. The van der Waals surface area contributed by atoms with Crippen molar-refractivity contribution in [3.05, 3.63) is 60.2 Å². The molecule has 1 atom stereocenters. The molecule has 0 fully saturated rings. The zero-order chi connectivity index (χ0) is 12.4. The Kier molecular flexibility index (Phi) is 2.73. The van der Waals surface area contributed by atoms with Gasteiger partial charge in [0.05, 0.1) is 0 Å². The molecule has 2 aromatic carbocycles. The lowest BCUT2D eigenvalue weighted by Gasteiger charge is -2.11. The van der Waals surface area contributed by atoms with Crippen molar-refractivity contribution in [2.45, 2.75) is 12.5 Å². The quantitative estimate of drug-likeness (QED) is 0.874. The summed E-state index contributed by atoms with van der Waals surface area (Å²) in [5.74, 6) is 0.711. The van der Waals surface area contributed by atoms with Crippen LogP contribution in [0, 0.1) is 0 Å². The summed E-state index contributed by atoms with van der Waals surface area (Å²) in [6.45, 7) is 0. The minimum atomic E-state index is -0.428. The van der Waals surface area contributed by atoms with Gasteiger partial charge < -0.3 is 10.1 Å². The van der Waals surface area contributed by atoms with Gasteiger partial charge in [0.25, 0.3) is 5.91 Å². The molecule has 0 spiro atoms. The van der Waals surface area contributed by atoms with Crippen molar-refractivity contribution in [2.24, 2.45) is 0 Å². The minimum absolute atomic E-state index is 0.0996. The molecule has 0 aliphatic carbocycles. The van der Waals surface area contributed by atoms with Crippen molar-refractivity contribution >= 4 is 11.6 Å². The highest BCUT2D eigenvalue weighted by Gasteiger charge is 2.28. The Morgan fingerprint density at radius 2 is 1.78 bits per heavy atom. The molecule has 3 rings (SSSR count). The van der Waals surface area contributed by atoms with Gasteiger partial charge in [-0.25, -0.2) is 0 Å². The second kappa shape index (κ2) is 4.53. The monoisotopic (exact) mass is 239 g/mol. The predicted molar refractivity (Wildman–Crippen MR) is 69.6 cm³/mol. The zero-order valence-electron chi connectivity index (χ0n) is 9.80. The maximum Gasteiger partial charge on any atom is 0.265 e. The number of fused-ring (bicyclic) bond motifs is 1. The van der Waals surface area contributed by atoms with Crippen molar-refractivity contribution in [1.29, 1.82) is 0 Å². The Bertz CT molecular complexity index is 541. The van der Waals surface area contributed by atoms with Gasteiger partial charge in [-0.1, -0.05) is 36.4 Å². The molecular weight excluding hydrogens is 226 g/mol. The number of carbonyl (C=O) groups excluding carboxylic acids is 1. The third-order valence-electron chi connectivity index (χ3n) is 2.98. The van der Waals surface area contributed by atoms with Crippen molar-refractivity contribution < 1.29 is 9.53 Å². The van der Waals surface area contributed by atoms with Gasteiger partial charge in [0.2, 0.25) is 0 Å². The largest absolute Gasteiger partial charge is 0.480 e. The Hall–Kier alpha value is -2.29. The molecule has 18 heavy (non-hydrogen) atoms. The fourth-order valence-electron chi connectivity index (χ4n) is 2.07. The van der Waals surface area contributed by atoms with Gasteiger partial charge in [-0.05, 0) is 23.8 Å². The number of ether oxygens (including phenoxy) is 1. The van der Waals surface area contributed by atoms with Crippen LogP contribution in [0.15, 0.2) is 54.6 Å². The van der Waals surface area contributed by atoms with Gasteiger partial charge in [0.1, 0.15) is 5.75 Å². The molecule has 2 aromatic rings. The van der Waals surface area contributed by atoms with E-state index in [4.69, 9.17) is 4.74 Å². The van der Waals surface area contributed by atoms with Crippen molar-refractivity contribution in [1.82, 2.24) is 0 Å². The van der Waals surface area contributed by atoms with Gasteiger partial charge in [0.15, 0.2) is 6.10 Å². The molecule has 0 unspecified atom stereocenters. The van der Waals surface area contributed by atoms with Crippen LogP contribution in [0.1, 0.15) is 5.56 Å². The van der Waals surface area contributed by atoms with Gasteiger partial charge in [0, 0.05) is 12.1 Å². The summed E-state index contributed by atoms with van der Waals surface area (Å²) >= 11 is 0. The van der Waals surface area contributed by atoms with Crippen molar-refractivity contribution in [3.8, 4) is 5.75 Å². The summed E-state index contributed by atoms with van der Waals surface area (Å²) in [5, 5.41) is 2.85. The van der Waals surface area contributed by atoms with Gasteiger partial charge in [-0.3, -0.25) is 4.79 Å². The number of hydrogen-bond acceptors (Lipinski definition) is 2. The summed E-state index contributed by atoms with van der Waals surface area (Å²) in [6.07, 6.45) is 0.206. The Morgan fingerprint density at radius 3 is 2.56 bits per heavy atom. The van der Waals surface area contributed by atoms with Crippen molar-refractivity contribution in [3.63, 3.8) is 0 Å². The third-order valence-corrected chi connectivity index (χ3v) is 2.98. The Morgan fingerprint density at radius 1 is 1.06 bits per heavy atom. The van der Waals surface area contributed by atoms with E-state index in [9.17, 15) is 4.79 Å². The first-order valence-corrected chi connectivity index (χ1v) is 5.93. The van der Waals surface area contributed by atoms with Gasteiger partial charge in [-0.15, -0.1) is 0 Å². The van der Waals surface area contributed by atoms with E-state index in [2.05, 4.69) is 5.32 Å². The highest BCUT2D eigenvalue weighted by molar-refractivity contribution is 5.95. The molecule has 1 aliphatic heterocycles. The molecule has 3 heteroatoms. The second-order valence-electron chi connectivity index (χ2n) is 4.27. The molecule has 1 amide bonds. The van der Waals surface area contributed by atoms with Crippen LogP contribution >= 0.6 is 0 Å². The van der Waals surface area contributed by atoms with Gasteiger partial charge in [-0.2, -0.15) is 0 Å². The maximum atomic E-state index is 12.0. The maximum absolute atomic E-state index is 12.0. The molecule has 0 saturated heterocycles. The number of anilines is 1. The molecule has 0 aromatic heterocycles. The molecule has 1 aliphatic rings. The molecular formula is C15H13NO2. The minimum Gasteiger partial charge on any atom is -0.480 e. The van der Waals surface area contributed by atoms with E-state index >= 15 is 0 Å². The Labute approximate surface area is 105 Å². The Balaban J connectivity index is 1.70. The van der Waals surface area contributed by atoms with Crippen LogP contribution in [0.2, 0.25) is 0 Å². The number of benzene rings is 2. The lowest BCUT2D eigenvalue weighted by molar-refractivity contribution is -0.122. The first kappa shape index (κ1) is 10.8. The summed E-state index contributed by atoms with van der Waals surface area (Å²) in [7, 11) is 0. The smallest absolute Gasteiger partial charge is 0.265 e. The van der Waals surface area contributed by atoms with E-state index in [1.165, 1.54) is 0 Å². The summed E-state index contributed by atoms with van der Waals surface area (Å²) in [4.78, 5) is 12.0. The number of nitrogens with one attached hydrogen (secondary N) is 1. The average molecular weight is 239 g/mol. The molecule has 0 radical (unpaired) electrons. The number of carbonyl (C=O) groups is 1. The normalized spacial score (nSPS) is 16.8. The van der Waals surface area contributed by atoms with Crippen LogP contribution in [-0.4, -0.2) is 12.0 Å². The van der Waals surface area contributed by atoms with Crippen LogP contribution in [0.25, 0.3) is 0 Å². The van der Waals surface area contributed by atoms with E-state index in [0.29, 0.717) is 6.42 Å². The topological polar surface area (TPSA) is 38.3 Å². The summed E-state index contributed by atoms with van der Waals surface area (Å²) in [5.41, 5.74) is 1.88. The zero-order valence-corrected chi connectivity index (χ0v) is 9.80. The molecule has 0 saturated carbocycles. The fourth-order valence-corrected chi connectivity index (χ4v) is 2.07. The number of rotatable bonds is 2. The molecule has 1 N–H and O–H groups in total. The van der Waals surface area contributed by atoms with E-state index in [1.54, 1.807) is 0 Å².